The van der Waals surface area contributed by atoms with Crippen molar-refractivity contribution in [1.29, 1.82) is 0 Å². The summed E-state index contributed by atoms with van der Waals surface area (Å²) in [5, 5.41) is 16.1. The molecule has 0 radical (unpaired) electrons. The van der Waals surface area contributed by atoms with Crippen molar-refractivity contribution >= 4 is 29.1 Å². The molecule has 1 N–H and O–H groups in total. The second-order valence-electron chi connectivity index (χ2n) is 6.15. The summed E-state index contributed by atoms with van der Waals surface area (Å²) < 4.78 is 1.75. The molecule has 0 spiro atoms. The molecule has 0 aliphatic rings. The molecule has 7 heteroatoms. The van der Waals surface area contributed by atoms with E-state index < -0.39 is 5.97 Å². The van der Waals surface area contributed by atoms with Gasteiger partial charge in [-0.05, 0) is 25.3 Å². The Balaban J connectivity index is 1.93. The van der Waals surface area contributed by atoms with E-state index in [1.165, 1.54) is 21.6 Å². The second-order valence-corrected chi connectivity index (χ2v) is 7.87. The Labute approximate surface area is 170 Å². The molecule has 4 rings (SSSR count). The standard InChI is InChI=1S/C21H17N3O2S2/c1-13-18(14-6-4-3-5-7-14)23-24(21-22-17(12-28-21)20(25)26)19(13)15-8-10-16(27-2)11-9-15/h3-12H,1-2H3,(H,25,26). The van der Waals surface area contributed by atoms with Crippen LogP contribution in [-0.2, 0) is 0 Å². The van der Waals surface area contributed by atoms with Crippen molar-refractivity contribution in [3.8, 4) is 27.6 Å². The Morgan fingerprint density at radius 2 is 1.79 bits per heavy atom. The first-order valence-corrected chi connectivity index (χ1v) is 10.7. The van der Waals surface area contributed by atoms with Crippen molar-refractivity contribution in [1.82, 2.24) is 14.8 Å². The largest absolute Gasteiger partial charge is 0.476 e. The number of aromatic carboxylic acids is 1. The van der Waals surface area contributed by atoms with E-state index in [9.17, 15) is 9.90 Å². The first-order chi connectivity index (χ1) is 13.6. The predicted molar refractivity (Wildman–Crippen MR) is 114 cm³/mol. The van der Waals surface area contributed by atoms with Crippen LogP contribution in [0.15, 0.2) is 64.9 Å². The van der Waals surface area contributed by atoms with Crippen molar-refractivity contribution in [2.75, 3.05) is 6.26 Å². The minimum absolute atomic E-state index is 0.0260. The van der Waals surface area contributed by atoms with Gasteiger partial charge in [0, 0.05) is 27.0 Å². The monoisotopic (exact) mass is 407 g/mol. The van der Waals surface area contributed by atoms with Crippen LogP contribution in [0.3, 0.4) is 0 Å². The van der Waals surface area contributed by atoms with E-state index >= 15 is 0 Å². The van der Waals surface area contributed by atoms with Crippen LogP contribution in [-0.4, -0.2) is 32.1 Å². The van der Waals surface area contributed by atoms with Gasteiger partial charge in [-0.25, -0.2) is 14.5 Å². The molecule has 0 aliphatic heterocycles. The highest BCUT2D eigenvalue weighted by atomic mass is 32.2. The number of hydrogen-bond acceptors (Lipinski definition) is 5. The van der Waals surface area contributed by atoms with Gasteiger partial charge in [-0.15, -0.1) is 23.1 Å². The van der Waals surface area contributed by atoms with E-state index in [1.54, 1.807) is 16.4 Å². The highest BCUT2D eigenvalue weighted by molar-refractivity contribution is 7.98. The topological polar surface area (TPSA) is 68.0 Å². The van der Waals surface area contributed by atoms with Crippen molar-refractivity contribution in [2.24, 2.45) is 0 Å². The van der Waals surface area contributed by atoms with Crippen LogP contribution in [0.1, 0.15) is 16.1 Å². The van der Waals surface area contributed by atoms with E-state index in [0.29, 0.717) is 5.13 Å². The molecule has 2 aromatic heterocycles. The zero-order chi connectivity index (χ0) is 19.7. The number of thiazole rings is 1. The molecular formula is C21H17N3O2S2. The van der Waals surface area contributed by atoms with E-state index in [0.717, 1.165) is 28.1 Å². The van der Waals surface area contributed by atoms with Gasteiger partial charge in [-0.2, -0.15) is 5.10 Å². The first-order valence-electron chi connectivity index (χ1n) is 8.57. The van der Waals surface area contributed by atoms with E-state index in [1.807, 2.05) is 43.5 Å². The van der Waals surface area contributed by atoms with E-state index in [4.69, 9.17) is 5.10 Å². The fourth-order valence-corrected chi connectivity index (χ4v) is 4.21. The van der Waals surface area contributed by atoms with Crippen LogP contribution in [0.5, 0.6) is 0 Å². The summed E-state index contributed by atoms with van der Waals surface area (Å²) in [6.45, 7) is 2.04. The molecule has 140 valence electrons. The number of nitrogens with zero attached hydrogens (tertiary/aromatic N) is 3. The molecule has 0 saturated heterocycles. The summed E-state index contributed by atoms with van der Waals surface area (Å²) in [7, 11) is 0. The zero-order valence-corrected chi connectivity index (χ0v) is 16.9. The lowest BCUT2D eigenvalue weighted by molar-refractivity contribution is 0.0691. The number of benzene rings is 2. The molecule has 2 aromatic carbocycles. The van der Waals surface area contributed by atoms with Crippen molar-refractivity contribution in [2.45, 2.75) is 11.8 Å². The predicted octanol–water partition coefficient (Wildman–Crippen LogP) is 5.39. The lowest BCUT2D eigenvalue weighted by Crippen LogP contribution is -2.02. The maximum absolute atomic E-state index is 11.3. The van der Waals surface area contributed by atoms with Gasteiger partial charge in [0.05, 0.1) is 11.4 Å². The summed E-state index contributed by atoms with van der Waals surface area (Å²) >= 11 is 2.96. The Hall–Kier alpha value is -2.90. The van der Waals surface area contributed by atoms with Gasteiger partial charge >= 0.3 is 5.97 Å². The highest BCUT2D eigenvalue weighted by Crippen LogP contribution is 2.35. The summed E-state index contributed by atoms with van der Waals surface area (Å²) in [6.07, 6.45) is 2.04. The molecule has 0 aliphatic carbocycles. The lowest BCUT2D eigenvalue weighted by Gasteiger charge is -2.07. The third-order valence-corrected chi connectivity index (χ3v) is 5.98. The van der Waals surface area contributed by atoms with Gasteiger partial charge in [0.1, 0.15) is 0 Å². The smallest absolute Gasteiger partial charge is 0.355 e. The number of hydrogen-bond donors (Lipinski definition) is 1. The number of carbonyl (C=O) groups is 1. The molecule has 0 unspecified atom stereocenters. The van der Waals surface area contributed by atoms with Crippen LogP contribution in [0.2, 0.25) is 0 Å². The fourth-order valence-electron chi connectivity index (χ4n) is 3.05. The quantitative estimate of drug-likeness (QED) is 0.449. The van der Waals surface area contributed by atoms with Gasteiger partial charge in [-0.3, -0.25) is 0 Å². The number of carboxylic acid groups (broad SMARTS) is 1. The Morgan fingerprint density at radius 1 is 1.07 bits per heavy atom. The third kappa shape index (κ3) is 3.34. The van der Waals surface area contributed by atoms with Gasteiger partial charge in [0.15, 0.2) is 5.69 Å². The average molecular weight is 408 g/mol. The highest BCUT2D eigenvalue weighted by Gasteiger charge is 2.21. The molecule has 0 fully saturated rings. The van der Waals surface area contributed by atoms with Gasteiger partial charge < -0.3 is 5.11 Å². The zero-order valence-electron chi connectivity index (χ0n) is 15.3. The molecule has 2 heterocycles. The van der Waals surface area contributed by atoms with E-state index in [-0.39, 0.29) is 5.69 Å². The lowest BCUT2D eigenvalue weighted by atomic mass is 10.0. The third-order valence-electron chi connectivity index (χ3n) is 4.43. The maximum atomic E-state index is 11.3. The van der Waals surface area contributed by atoms with Crippen LogP contribution in [0, 0.1) is 6.92 Å². The summed E-state index contributed by atoms with van der Waals surface area (Å²) in [4.78, 5) is 16.7. The maximum Gasteiger partial charge on any atom is 0.355 e. The fraction of sp³-hybridized carbons (Fsp3) is 0.0952. The van der Waals surface area contributed by atoms with Crippen LogP contribution >= 0.6 is 23.1 Å². The number of aromatic nitrogens is 3. The Bertz CT molecular complexity index is 1130. The van der Waals surface area contributed by atoms with Crippen molar-refractivity contribution in [3.63, 3.8) is 0 Å². The van der Waals surface area contributed by atoms with Crippen LogP contribution < -0.4 is 0 Å². The molecule has 0 saturated carbocycles. The molecule has 4 aromatic rings. The SMILES string of the molecule is CSc1ccc(-c2c(C)c(-c3ccccc3)nn2-c2nc(C(=O)O)cs2)cc1. The normalized spacial score (nSPS) is 10.9. The average Bonchev–Trinajstić information content (AvgIpc) is 3.34. The van der Waals surface area contributed by atoms with Gasteiger partial charge in [0.2, 0.25) is 5.13 Å². The minimum Gasteiger partial charge on any atom is -0.476 e. The molecule has 0 amide bonds. The summed E-state index contributed by atoms with van der Waals surface area (Å²) in [5.41, 5.74) is 4.84. The Kier molecular flexibility index (Phi) is 5.02. The second kappa shape index (κ2) is 7.61. The van der Waals surface area contributed by atoms with Crippen molar-refractivity contribution < 1.29 is 9.90 Å². The van der Waals surface area contributed by atoms with Gasteiger partial charge in [0.25, 0.3) is 0 Å². The number of thioether (sulfide) groups is 1. The van der Waals surface area contributed by atoms with Crippen LogP contribution in [0.25, 0.3) is 27.6 Å². The Morgan fingerprint density at radius 3 is 2.39 bits per heavy atom. The number of rotatable bonds is 5. The molecular weight excluding hydrogens is 390 g/mol. The minimum atomic E-state index is -1.04. The molecule has 28 heavy (non-hydrogen) atoms. The molecule has 0 bridgehead atoms. The molecule has 5 nitrogen and oxygen atoms in total. The van der Waals surface area contributed by atoms with Crippen LogP contribution in [0.4, 0.5) is 0 Å². The van der Waals surface area contributed by atoms with Gasteiger partial charge in [-0.1, -0.05) is 42.5 Å². The van der Waals surface area contributed by atoms with E-state index in [2.05, 4.69) is 29.2 Å². The number of carboxylic acids is 1. The molecule has 0 atom stereocenters. The summed E-state index contributed by atoms with van der Waals surface area (Å²) in [5.74, 6) is -1.04. The first kappa shape index (κ1) is 18.5. The van der Waals surface area contributed by atoms with Crippen molar-refractivity contribution in [3.05, 3.63) is 71.2 Å². The summed E-state index contributed by atoms with van der Waals surface area (Å²) in [6, 6.07) is 18.2.